The van der Waals surface area contributed by atoms with Gasteiger partial charge in [-0.05, 0) is 19.8 Å². The molecule has 1 N–H and O–H groups in total. The Labute approximate surface area is 92.3 Å². The number of nitrogens with one attached hydrogen (secondary N) is 1. The number of amides is 2. The number of rotatable bonds is 0. The van der Waals surface area contributed by atoms with Crippen LogP contribution < -0.4 is 5.32 Å². The minimum Gasteiger partial charge on any atom is -0.294 e. The number of nitriles is 2. The largest absolute Gasteiger partial charge is 0.294 e. The molecule has 2 atom stereocenters. The molecule has 0 aromatic carbocycles. The maximum Gasteiger partial charge on any atom is 0.249 e. The summed E-state index contributed by atoms with van der Waals surface area (Å²) in [5, 5.41) is 20.5. The van der Waals surface area contributed by atoms with Gasteiger partial charge in [0.2, 0.25) is 11.8 Å². The second-order valence-corrected chi connectivity index (χ2v) is 4.25. The van der Waals surface area contributed by atoms with Gasteiger partial charge in [0.15, 0.2) is 10.8 Å². The first-order chi connectivity index (χ1) is 7.52. The molecule has 1 fully saturated rings. The molecule has 0 unspecified atom stereocenters. The summed E-state index contributed by atoms with van der Waals surface area (Å²) in [7, 11) is 0. The Kier molecular flexibility index (Phi) is 1.90. The van der Waals surface area contributed by atoms with Crippen LogP contribution in [0.3, 0.4) is 0 Å². The Hall–Kier alpha value is -2.14. The molecule has 0 saturated carbocycles. The Morgan fingerprint density at radius 3 is 2.38 bits per heavy atom. The number of nitrogens with zero attached hydrogens (tertiary/aromatic N) is 2. The Morgan fingerprint density at radius 2 is 1.81 bits per heavy atom. The summed E-state index contributed by atoms with van der Waals surface area (Å²) in [4.78, 5) is 23.5. The Bertz CT molecular complexity index is 508. The SMILES string of the molecule is CC1=CC[C@@]2(C#N)C(=O)NC(=O)[C@]2(C#N)C1. The highest BCUT2D eigenvalue weighted by Crippen LogP contribution is 2.53. The first-order valence-corrected chi connectivity index (χ1v) is 4.86. The van der Waals surface area contributed by atoms with Crippen LogP contribution in [0.15, 0.2) is 11.6 Å². The van der Waals surface area contributed by atoms with E-state index in [1.54, 1.807) is 13.0 Å². The van der Waals surface area contributed by atoms with Gasteiger partial charge in [-0.25, -0.2) is 0 Å². The fraction of sp³-hybridized carbons (Fsp3) is 0.455. The third-order valence-corrected chi connectivity index (χ3v) is 3.41. The van der Waals surface area contributed by atoms with Crippen molar-refractivity contribution in [1.82, 2.24) is 5.32 Å². The van der Waals surface area contributed by atoms with E-state index < -0.39 is 22.6 Å². The molecule has 0 radical (unpaired) electrons. The summed E-state index contributed by atoms with van der Waals surface area (Å²) in [5.74, 6) is -1.29. The highest BCUT2D eigenvalue weighted by atomic mass is 16.2. The molecule has 1 aliphatic heterocycles. The van der Waals surface area contributed by atoms with E-state index in [4.69, 9.17) is 0 Å². The van der Waals surface area contributed by atoms with E-state index in [0.29, 0.717) is 0 Å². The third kappa shape index (κ3) is 0.880. The van der Waals surface area contributed by atoms with Gasteiger partial charge in [0.05, 0.1) is 12.1 Å². The van der Waals surface area contributed by atoms with E-state index in [2.05, 4.69) is 5.32 Å². The molecule has 1 aliphatic carbocycles. The second kappa shape index (κ2) is 2.93. The van der Waals surface area contributed by atoms with Gasteiger partial charge < -0.3 is 0 Å². The van der Waals surface area contributed by atoms with Crippen molar-refractivity contribution in [3.8, 4) is 12.1 Å². The lowest BCUT2D eigenvalue weighted by Crippen LogP contribution is -2.44. The van der Waals surface area contributed by atoms with Crippen LogP contribution in [0.25, 0.3) is 0 Å². The Morgan fingerprint density at radius 1 is 1.25 bits per heavy atom. The molecule has 1 heterocycles. The maximum atomic E-state index is 11.7. The highest BCUT2D eigenvalue weighted by molar-refractivity contribution is 6.13. The van der Waals surface area contributed by atoms with Crippen LogP contribution in [0.5, 0.6) is 0 Å². The lowest BCUT2D eigenvalue weighted by Gasteiger charge is -2.34. The number of carbonyl (C=O) groups is 2. The zero-order valence-corrected chi connectivity index (χ0v) is 8.70. The molecular weight excluding hydrogens is 206 g/mol. The van der Waals surface area contributed by atoms with Crippen LogP contribution in [-0.2, 0) is 9.59 Å². The quantitative estimate of drug-likeness (QED) is 0.467. The van der Waals surface area contributed by atoms with Crippen LogP contribution >= 0.6 is 0 Å². The first kappa shape index (κ1) is 10.4. The van der Waals surface area contributed by atoms with Crippen molar-refractivity contribution in [3.63, 3.8) is 0 Å². The molecule has 0 aromatic heterocycles. The van der Waals surface area contributed by atoms with Crippen LogP contribution in [0.2, 0.25) is 0 Å². The van der Waals surface area contributed by atoms with Crippen molar-refractivity contribution in [3.05, 3.63) is 11.6 Å². The molecule has 2 aliphatic rings. The van der Waals surface area contributed by atoms with Crippen molar-refractivity contribution >= 4 is 11.8 Å². The number of hydrogen-bond acceptors (Lipinski definition) is 4. The number of hydrogen-bond donors (Lipinski definition) is 1. The van der Waals surface area contributed by atoms with Gasteiger partial charge in [0.1, 0.15) is 0 Å². The summed E-state index contributed by atoms with van der Waals surface area (Å²) in [5.41, 5.74) is -2.23. The van der Waals surface area contributed by atoms with Gasteiger partial charge in [-0.3, -0.25) is 14.9 Å². The smallest absolute Gasteiger partial charge is 0.249 e. The molecule has 5 nitrogen and oxygen atoms in total. The van der Waals surface area contributed by atoms with Gasteiger partial charge in [-0.15, -0.1) is 0 Å². The zero-order valence-electron chi connectivity index (χ0n) is 8.70. The van der Waals surface area contributed by atoms with Gasteiger partial charge >= 0.3 is 0 Å². The fourth-order valence-electron chi connectivity index (χ4n) is 2.40. The van der Waals surface area contributed by atoms with E-state index >= 15 is 0 Å². The molecule has 2 rings (SSSR count). The van der Waals surface area contributed by atoms with E-state index in [9.17, 15) is 20.1 Å². The van der Waals surface area contributed by atoms with E-state index in [1.165, 1.54) is 0 Å². The number of carbonyl (C=O) groups excluding carboxylic acids is 2. The van der Waals surface area contributed by atoms with Crippen molar-refractivity contribution < 1.29 is 9.59 Å². The lowest BCUT2D eigenvalue weighted by atomic mass is 9.59. The molecule has 0 aromatic rings. The van der Waals surface area contributed by atoms with E-state index in [1.807, 2.05) is 12.1 Å². The highest BCUT2D eigenvalue weighted by Gasteiger charge is 2.68. The normalized spacial score (nSPS) is 36.8. The van der Waals surface area contributed by atoms with E-state index in [0.717, 1.165) is 5.57 Å². The summed E-state index contributed by atoms with van der Waals surface area (Å²) in [6, 6.07) is 3.76. The zero-order chi connectivity index (χ0) is 12.0. The average molecular weight is 215 g/mol. The molecule has 2 amide bonds. The van der Waals surface area contributed by atoms with Gasteiger partial charge in [-0.2, -0.15) is 10.5 Å². The average Bonchev–Trinajstić information content (AvgIpc) is 2.48. The summed E-state index contributed by atoms with van der Waals surface area (Å²) in [6.45, 7) is 1.79. The molecule has 0 spiro atoms. The van der Waals surface area contributed by atoms with Crippen LogP contribution in [0, 0.1) is 33.5 Å². The number of allylic oxidation sites excluding steroid dienone is 2. The van der Waals surface area contributed by atoms with Gasteiger partial charge in [-0.1, -0.05) is 11.6 Å². The molecular formula is C11H9N3O2. The fourth-order valence-corrected chi connectivity index (χ4v) is 2.40. The number of fused-ring (bicyclic) bond motifs is 1. The maximum absolute atomic E-state index is 11.7. The van der Waals surface area contributed by atoms with Crippen molar-refractivity contribution in [2.24, 2.45) is 10.8 Å². The molecule has 16 heavy (non-hydrogen) atoms. The number of imide groups is 1. The first-order valence-electron chi connectivity index (χ1n) is 4.86. The van der Waals surface area contributed by atoms with Crippen molar-refractivity contribution in [2.45, 2.75) is 19.8 Å². The standard InChI is InChI=1S/C11H9N3O2/c1-7-2-3-10(5-12)8(15)14-9(16)11(10,4-7)6-13/h2H,3-4H2,1H3,(H,14,15,16)/t10-,11-/m1/s1. The van der Waals surface area contributed by atoms with E-state index in [-0.39, 0.29) is 12.8 Å². The van der Waals surface area contributed by atoms with Crippen LogP contribution in [0.1, 0.15) is 19.8 Å². The molecule has 0 bridgehead atoms. The summed E-state index contributed by atoms with van der Waals surface area (Å²) < 4.78 is 0. The molecule has 5 heteroatoms. The van der Waals surface area contributed by atoms with Gasteiger partial charge in [0, 0.05) is 0 Å². The minimum absolute atomic E-state index is 0.125. The topological polar surface area (TPSA) is 93.8 Å². The molecule has 80 valence electrons. The predicted octanol–water partition coefficient (Wildman–Crippen LogP) is 0.403. The monoisotopic (exact) mass is 215 g/mol. The van der Waals surface area contributed by atoms with Crippen molar-refractivity contribution in [1.29, 1.82) is 10.5 Å². The Balaban J connectivity index is 2.71. The van der Waals surface area contributed by atoms with Crippen molar-refractivity contribution in [2.75, 3.05) is 0 Å². The third-order valence-electron chi connectivity index (χ3n) is 3.41. The minimum atomic E-state index is -1.54. The van der Waals surface area contributed by atoms with Crippen LogP contribution in [0.4, 0.5) is 0 Å². The lowest BCUT2D eigenvalue weighted by molar-refractivity contribution is -0.127. The second-order valence-electron chi connectivity index (χ2n) is 4.25. The molecule has 1 saturated heterocycles. The summed E-state index contributed by atoms with van der Waals surface area (Å²) in [6.07, 6.45) is 2.02. The van der Waals surface area contributed by atoms with Crippen LogP contribution in [-0.4, -0.2) is 11.8 Å². The predicted molar refractivity (Wildman–Crippen MR) is 52.2 cm³/mol. The van der Waals surface area contributed by atoms with Gasteiger partial charge in [0.25, 0.3) is 0 Å². The summed E-state index contributed by atoms with van der Waals surface area (Å²) >= 11 is 0.